The Morgan fingerprint density at radius 2 is 2.07 bits per heavy atom. The lowest BCUT2D eigenvalue weighted by Gasteiger charge is -2.41. The smallest absolute Gasteiger partial charge is 0.0373 e. The summed E-state index contributed by atoms with van der Waals surface area (Å²) in [5.74, 6) is 0. The fraction of sp³-hybridized carbons (Fsp3) is 0.500. The number of para-hydroxylation sites is 1. The lowest BCUT2D eigenvalue weighted by Crippen LogP contribution is -2.50. The highest BCUT2D eigenvalue weighted by molar-refractivity contribution is 5.53. The standard InChI is InChI=1S/C12H16N2/c1-2-5-12-10(4-1)8-11(9-13-12)14-6-3-7-14/h1-2,4-5,11,13H,3,6-9H2. The van der Waals surface area contributed by atoms with Crippen LogP contribution in [0.3, 0.4) is 0 Å². The van der Waals surface area contributed by atoms with Crippen molar-refractivity contribution < 1.29 is 0 Å². The van der Waals surface area contributed by atoms with Crippen molar-refractivity contribution in [3.05, 3.63) is 29.8 Å². The van der Waals surface area contributed by atoms with Crippen molar-refractivity contribution in [2.24, 2.45) is 0 Å². The number of nitrogens with one attached hydrogen (secondary N) is 1. The van der Waals surface area contributed by atoms with Crippen molar-refractivity contribution in [1.82, 2.24) is 4.90 Å². The van der Waals surface area contributed by atoms with E-state index in [9.17, 15) is 0 Å². The molecule has 1 aromatic rings. The molecule has 3 rings (SSSR count). The van der Waals surface area contributed by atoms with Crippen molar-refractivity contribution >= 4 is 5.69 Å². The van der Waals surface area contributed by atoms with Crippen LogP contribution in [0.15, 0.2) is 24.3 Å². The first kappa shape index (κ1) is 8.30. The van der Waals surface area contributed by atoms with E-state index < -0.39 is 0 Å². The number of likely N-dealkylation sites (tertiary alicyclic amines) is 1. The Morgan fingerprint density at radius 1 is 1.21 bits per heavy atom. The number of hydrogen-bond donors (Lipinski definition) is 1. The maximum atomic E-state index is 3.52. The van der Waals surface area contributed by atoms with Crippen LogP contribution in [0, 0.1) is 0 Å². The number of anilines is 1. The average molecular weight is 188 g/mol. The van der Waals surface area contributed by atoms with E-state index in [2.05, 4.69) is 34.5 Å². The maximum Gasteiger partial charge on any atom is 0.0373 e. The Bertz CT molecular complexity index is 331. The molecule has 0 saturated carbocycles. The van der Waals surface area contributed by atoms with E-state index in [-0.39, 0.29) is 0 Å². The summed E-state index contributed by atoms with van der Waals surface area (Å²) in [6.45, 7) is 3.72. The zero-order chi connectivity index (χ0) is 9.38. The van der Waals surface area contributed by atoms with Crippen molar-refractivity contribution in [2.75, 3.05) is 25.0 Å². The van der Waals surface area contributed by atoms with Crippen LogP contribution in [0.1, 0.15) is 12.0 Å². The molecular weight excluding hydrogens is 172 g/mol. The van der Waals surface area contributed by atoms with Gasteiger partial charge in [-0.2, -0.15) is 0 Å². The van der Waals surface area contributed by atoms with Crippen LogP contribution in [-0.4, -0.2) is 30.6 Å². The van der Waals surface area contributed by atoms with Gasteiger partial charge in [0.2, 0.25) is 0 Å². The van der Waals surface area contributed by atoms with Crippen molar-refractivity contribution in [2.45, 2.75) is 18.9 Å². The predicted molar refractivity (Wildman–Crippen MR) is 58.6 cm³/mol. The molecule has 2 heteroatoms. The van der Waals surface area contributed by atoms with Gasteiger partial charge in [0.05, 0.1) is 0 Å². The normalized spacial score (nSPS) is 26.1. The molecule has 2 aliphatic heterocycles. The molecule has 2 nitrogen and oxygen atoms in total. The van der Waals surface area contributed by atoms with Gasteiger partial charge in [-0.05, 0) is 37.6 Å². The number of rotatable bonds is 1. The van der Waals surface area contributed by atoms with Crippen LogP contribution in [-0.2, 0) is 6.42 Å². The van der Waals surface area contributed by atoms with Crippen molar-refractivity contribution in [1.29, 1.82) is 0 Å². The van der Waals surface area contributed by atoms with E-state index >= 15 is 0 Å². The molecule has 2 heterocycles. The summed E-state index contributed by atoms with van der Waals surface area (Å²) in [4.78, 5) is 2.59. The Labute approximate surface area is 84.9 Å². The van der Waals surface area contributed by atoms with Gasteiger partial charge in [-0.25, -0.2) is 0 Å². The summed E-state index contributed by atoms with van der Waals surface area (Å²) in [5, 5.41) is 3.52. The molecule has 1 unspecified atom stereocenters. The molecule has 0 spiro atoms. The molecule has 0 bridgehead atoms. The third-order valence-corrected chi connectivity index (χ3v) is 3.41. The third-order valence-electron chi connectivity index (χ3n) is 3.41. The van der Waals surface area contributed by atoms with Crippen molar-refractivity contribution in [3.8, 4) is 0 Å². The molecule has 1 N–H and O–H groups in total. The molecular formula is C12H16N2. The molecule has 1 saturated heterocycles. The SMILES string of the molecule is c1ccc2c(c1)CC(N1CCC1)CN2. The molecule has 1 aromatic carbocycles. The molecule has 0 radical (unpaired) electrons. The van der Waals surface area contributed by atoms with Crippen LogP contribution in [0.25, 0.3) is 0 Å². The molecule has 0 aromatic heterocycles. The van der Waals surface area contributed by atoms with Crippen LogP contribution in [0.5, 0.6) is 0 Å². The zero-order valence-corrected chi connectivity index (χ0v) is 8.37. The number of fused-ring (bicyclic) bond motifs is 1. The molecule has 14 heavy (non-hydrogen) atoms. The minimum atomic E-state index is 0.735. The fourth-order valence-electron chi connectivity index (χ4n) is 2.39. The molecule has 0 aliphatic carbocycles. The van der Waals surface area contributed by atoms with Crippen molar-refractivity contribution in [3.63, 3.8) is 0 Å². The molecule has 1 fully saturated rings. The van der Waals surface area contributed by atoms with Gasteiger partial charge in [-0.1, -0.05) is 18.2 Å². The molecule has 1 atom stereocenters. The summed E-state index contributed by atoms with van der Waals surface area (Å²) in [6, 6.07) is 9.41. The Kier molecular flexibility index (Phi) is 1.95. The van der Waals surface area contributed by atoms with Gasteiger partial charge in [0.15, 0.2) is 0 Å². The average Bonchev–Trinajstić information content (AvgIpc) is 2.15. The zero-order valence-electron chi connectivity index (χ0n) is 8.37. The Hall–Kier alpha value is -1.02. The first-order valence-corrected chi connectivity index (χ1v) is 5.49. The van der Waals surface area contributed by atoms with E-state index in [1.54, 1.807) is 0 Å². The molecule has 74 valence electrons. The van der Waals surface area contributed by atoms with Gasteiger partial charge in [-0.3, -0.25) is 4.90 Å². The quantitative estimate of drug-likeness (QED) is 0.722. The second kappa shape index (κ2) is 3.28. The summed E-state index contributed by atoms with van der Waals surface area (Å²) < 4.78 is 0. The van der Waals surface area contributed by atoms with Gasteiger partial charge in [0.1, 0.15) is 0 Å². The first-order chi connectivity index (χ1) is 6.93. The highest BCUT2D eigenvalue weighted by atomic mass is 15.2. The predicted octanol–water partition coefficient (Wildman–Crippen LogP) is 1.73. The summed E-state index contributed by atoms with van der Waals surface area (Å²) >= 11 is 0. The van der Waals surface area contributed by atoms with E-state index in [0.29, 0.717) is 0 Å². The minimum Gasteiger partial charge on any atom is -0.383 e. The summed E-state index contributed by atoms with van der Waals surface area (Å²) in [6.07, 6.45) is 2.61. The first-order valence-electron chi connectivity index (χ1n) is 5.49. The molecule has 2 aliphatic rings. The van der Waals surface area contributed by atoms with Gasteiger partial charge in [-0.15, -0.1) is 0 Å². The van der Waals surface area contributed by atoms with Gasteiger partial charge in [0.25, 0.3) is 0 Å². The lowest BCUT2D eigenvalue weighted by molar-refractivity contribution is 0.122. The third kappa shape index (κ3) is 1.30. The summed E-state index contributed by atoms with van der Waals surface area (Å²) in [5.41, 5.74) is 2.82. The number of nitrogens with zero attached hydrogens (tertiary/aromatic N) is 1. The maximum absolute atomic E-state index is 3.52. The molecule has 0 amide bonds. The minimum absolute atomic E-state index is 0.735. The van der Waals surface area contributed by atoms with E-state index in [1.807, 2.05) is 0 Å². The lowest BCUT2D eigenvalue weighted by atomic mass is 9.96. The van der Waals surface area contributed by atoms with Crippen LogP contribution in [0.2, 0.25) is 0 Å². The largest absolute Gasteiger partial charge is 0.383 e. The highest BCUT2D eigenvalue weighted by Crippen LogP contribution is 2.25. The summed E-state index contributed by atoms with van der Waals surface area (Å²) in [7, 11) is 0. The van der Waals surface area contributed by atoms with Crippen LogP contribution in [0.4, 0.5) is 5.69 Å². The monoisotopic (exact) mass is 188 g/mol. The number of benzene rings is 1. The van der Waals surface area contributed by atoms with Gasteiger partial charge >= 0.3 is 0 Å². The van der Waals surface area contributed by atoms with E-state index in [1.165, 1.54) is 37.2 Å². The topological polar surface area (TPSA) is 15.3 Å². The van der Waals surface area contributed by atoms with E-state index in [0.717, 1.165) is 12.6 Å². The van der Waals surface area contributed by atoms with Gasteiger partial charge < -0.3 is 5.32 Å². The Balaban J connectivity index is 1.79. The second-order valence-electron chi connectivity index (χ2n) is 4.29. The fourth-order valence-corrected chi connectivity index (χ4v) is 2.39. The Morgan fingerprint density at radius 3 is 2.86 bits per heavy atom. The van der Waals surface area contributed by atoms with Crippen LogP contribution < -0.4 is 5.32 Å². The second-order valence-corrected chi connectivity index (χ2v) is 4.29. The van der Waals surface area contributed by atoms with Crippen LogP contribution >= 0.6 is 0 Å². The highest BCUT2D eigenvalue weighted by Gasteiger charge is 2.27. The number of hydrogen-bond acceptors (Lipinski definition) is 2. The van der Waals surface area contributed by atoms with Gasteiger partial charge in [0, 0.05) is 18.3 Å². The van der Waals surface area contributed by atoms with E-state index in [4.69, 9.17) is 0 Å².